The number of rotatable bonds is 4. The molecule has 0 atom stereocenters. The standard InChI is InChI=1S/C13H16N2O4S/c1-7-14-15-10(19-7)6-18-8-5-9(13(2,3)4)20-11(8)12(16)17/h5H,6H2,1-4H3,(H,16,17). The number of thiophene rings is 1. The highest BCUT2D eigenvalue weighted by Gasteiger charge is 2.24. The summed E-state index contributed by atoms with van der Waals surface area (Å²) in [5.74, 6) is 0.107. The van der Waals surface area contributed by atoms with Crippen LogP contribution in [-0.2, 0) is 12.0 Å². The molecule has 108 valence electrons. The summed E-state index contributed by atoms with van der Waals surface area (Å²) in [5, 5.41) is 16.7. The first kappa shape index (κ1) is 14.5. The molecule has 0 fully saturated rings. The molecule has 20 heavy (non-hydrogen) atoms. The normalized spacial score (nSPS) is 11.6. The summed E-state index contributed by atoms with van der Waals surface area (Å²) in [6.07, 6.45) is 0. The van der Waals surface area contributed by atoms with E-state index >= 15 is 0 Å². The summed E-state index contributed by atoms with van der Waals surface area (Å²) in [6.45, 7) is 7.81. The second-order valence-corrected chi connectivity index (χ2v) is 6.41. The molecule has 0 unspecified atom stereocenters. The Labute approximate surface area is 120 Å². The van der Waals surface area contributed by atoms with Gasteiger partial charge in [-0.1, -0.05) is 20.8 Å². The monoisotopic (exact) mass is 296 g/mol. The van der Waals surface area contributed by atoms with Gasteiger partial charge in [0.05, 0.1) is 0 Å². The van der Waals surface area contributed by atoms with Crippen molar-refractivity contribution in [2.45, 2.75) is 39.7 Å². The molecule has 0 aromatic carbocycles. The number of carboxylic acids is 1. The van der Waals surface area contributed by atoms with Crippen LogP contribution in [0.4, 0.5) is 0 Å². The summed E-state index contributed by atoms with van der Waals surface area (Å²) < 4.78 is 10.7. The molecule has 0 radical (unpaired) electrons. The Morgan fingerprint density at radius 1 is 1.45 bits per heavy atom. The van der Waals surface area contributed by atoms with Gasteiger partial charge in [-0.15, -0.1) is 21.5 Å². The van der Waals surface area contributed by atoms with Crippen LogP contribution in [0.3, 0.4) is 0 Å². The Morgan fingerprint density at radius 2 is 2.15 bits per heavy atom. The zero-order valence-electron chi connectivity index (χ0n) is 11.8. The Hall–Kier alpha value is -1.89. The number of aromatic nitrogens is 2. The SMILES string of the molecule is Cc1nnc(COc2cc(C(C)(C)C)sc2C(=O)O)o1. The summed E-state index contributed by atoms with van der Waals surface area (Å²) in [6, 6.07) is 1.76. The molecule has 7 heteroatoms. The second kappa shape index (κ2) is 5.24. The van der Waals surface area contributed by atoms with Gasteiger partial charge in [-0.2, -0.15) is 0 Å². The van der Waals surface area contributed by atoms with Crippen molar-refractivity contribution in [1.82, 2.24) is 10.2 Å². The van der Waals surface area contributed by atoms with E-state index in [0.29, 0.717) is 17.5 Å². The van der Waals surface area contributed by atoms with Crippen LogP contribution in [0.2, 0.25) is 0 Å². The van der Waals surface area contributed by atoms with Crippen molar-refractivity contribution >= 4 is 17.3 Å². The molecule has 0 aliphatic heterocycles. The Bertz CT molecular complexity index is 625. The van der Waals surface area contributed by atoms with Crippen LogP contribution in [0.25, 0.3) is 0 Å². The first-order valence-electron chi connectivity index (χ1n) is 6.07. The smallest absolute Gasteiger partial charge is 0.349 e. The van der Waals surface area contributed by atoms with Crippen molar-refractivity contribution in [3.8, 4) is 5.75 Å². The number of hydrogen-bond donors (Lipinski definition) is 1. The van der Waals surface area contributed by atoms with Crippen LogP contribution in [0.1, 0.15) is 47.1 Å². The maximum absolute atomic E-state index is 11.3. The number of nitrogens with zero attached hydrogens (tertiary/aromatic N) is 2. The quantitative estimate of drug-likeness (QED) is 0.933. The molecule has 2 aromatic rings. The summed E-state index contributed by atoms with van der Waals surface area (Å²) in [5.41, 5.74) is -0.127. The Balaban J connectivity index is 2.21. The van der Waals surface area contributed by atoms with E-state index in [4.69, 9.17) is 9.15 Å². The number of ether oxygens (including phenoxy) is 1. The van der Waals surface area contributed by atoms with Crippen molar-refractivity contribution < 1.29 is 19.1 Å². The maximum atomic E-state index is 11.3. The minimum atomic E-state index is -0.998. The predicted molar refractivity (Wildman–Crippen MR) is 73.3 cm³/mol. The van der Waals surface area contributed by atoms with Gasteiger partial charge in [0.1, 0.15) is 5.75 Å². The van der Waals surface area contributed by atoms with Crippen LogP contribution in [0.15, 0.2) is 10.5 Å². The predicted octanol–water partition coefficient (Wildman–Crippen LogP) is 3.01. The van der Waals surface area contributed by atoms with Gasteiger partial charge >= 0.3 is 5.97 Å². The van der Waals surface area contributed by atoms with Crippen molar-refractivity contribution in [3.05, 3.63) is 27.6 Å². The molecule has 0 aliphatic carbocycles. The van der Waals surface area contributed by atoms with E-state index in [1.165, 1.54) is 11.3 Å². The summed E-state index contributed by atoms with van der Waals surface area (Å²) in [4.78, 5) is 12.4. The molecule has 0 aliphatic rings. The maximum Gasteiger partial charge on any atom is 0.349 e. The number of carboxylic acid groups (broad SMARTS) is 1. The highest BCUT2D eigenvalue weighted by molar-refractivity contribution is 7.14. The van der Waals surface area contributed by atoms with Crippen LogP contribution < -0.4 is 4.74 Å². The average molecular weight is 296 g/mol. The molecule has 2 aromatic heterocycles. The number of carbonyl (C=O) groups is 1. The number of aromatic carboxylic acids is 1. The topological polar surface area (TPSA) is 85.5 Å². The van der Waals surface area contributed by atoms with E-state index in [1.54, 1.807) is 13.0 Å². The molecule has 6 nitrogen and oxygen atoms in total. The highest BCUT2D eigenvalue weighted by Crippen LogP contribution is 2.37. The van der Waals surface area contributed by atoms with Crippen LogP contribution in [0.5, 0.6) is 5.75 Å². The molecule has 0 spiro atoms. The molecular formula is C13H16N2O4S. The van der Waals surface area contributed by atoms with Crippen LogP contribution in [-0.4, -0.2) is 21.3 Å². The third kappa shape index (κ3) is 3.16. The first-order chi connectivity index (χ1) is 9.27. The Morgan fingerprint density at radius 3 is 2.65 bits per heavy atom. The Kier molecular flexibility index (Phi) is 3.80. The molecule has 1 N–H and O–H groups in total. The molecule has 2 rings (SSSR count). The largest absolute Gasteiger partial charge is 0.482 e. The van der Waals surface area contributed by atoms with Crippen molar-refractivity contribution in [3.63, 3.8) is 0 Å². The van der Waals surface area contributed by atoms with Gasteiger partial charge in [0.15, 0.2) is 11.5 Å². The van der Waals surface area contributed by atoms with Gasteiger partial charge in [0, 0.05) is 11.8 Å². The highest BCUT2D eigenvalue weighted by atomic mass is 32.1. The van der Waals surface area contributed by atoms with E-state index in [-0.39, 0.29) is 16.9 Å². The van der Waals surface area contributed by atoms with E-state index in [1.807, 2.05) is 20.8 Å². The lowest BCUT2D eigenvalue weighted by Crippen LogP contribution is -2.08. The lowest BCUT2D eigenvalue weighted by atomic mass is 9.95. The van der Waals surface area contributed by atoms with Gasteiger partial charge < -0.3 is 14.3 Å². The van der Waals surface area contributed by atoms with E-state index in [2.05, 4.69) is 10.2 Å². The fourth-order valence-electron chi connectivity index (χ4n) is 1.54. The van der Waals surface area contributed by atoms with Crippen LogP contribution in [0, 0.1) is 6.92 Å². The lowest BCUT2D eigenvalue weighted by molar-refractivity contribution is 0.0697. The molecule has 0 saturated carbocycles. The van der Waals surface area contributed by atoms with E-state index in [0.717, 1.165) is 4.88 Å². The number of hydrogen-bond acceptors (Lipinski definition) is 6. The average Bonchev–Trinajstić information content (AvgIpc) is 2.91. The van der Waals surface area contributed by atoms with E-state index < -0.39 is 5.97 Å². The fraction of sp³-hybridized carbons (Fsp3) is 0.462. The van der Waals surface area contributed by atoms with Crippen molar-refractivity contribution in [2.24, 2.45) is 0 Å². The minimum Gasteiger partial charge on any atom is -0.482 e. The van der Waals surface area contributed by atoms with Gasteiger partial charge in [-0.05, 0) is 11.5 Å². The number of aryl methyl sites for hydroxylation is 1. The third-order valence-electron chi connectivity index (χ3n) is 2.55. The van der Waals surface area contributed by atoms with Gasteiger partial charge in [0.2, 0.25) is 5.89 Å². The van der Waals surface area contributed by atoms with E-state index in [9.17, 15) is 9.90 Å². The second-order valence-electron chi connectivity index (χ2n) is 5.36. The van der Waals surface area contributed by atoms with Gasteiger partial charge in [-0.3, -0.25) is 0 Å². The third-order valence-corrected chi connectivity index (χ3v) is 4.08. The fourth-order valence-corrected chi connectivity index (χ4v) is 2.53. The summed E-state index contributed by atoms with van der Waals surface area (Å²) >= 11 is 1.22. The van der Waals surface area contributed by atoms with Gasteiger partial charge in [0.25, 0.3) is 5.89 Å². The van der Waals surface area contributed by atoms with Crippen LogP contribution >= 0.6 is 11.3 Å². The first-order valence-corrected chi connectivity index (χ1v) is 6.88. The summed E-state index contributed by atoms with van der Waals surface area (Å²) in [7, 11) is 0. The molecule has 0 bridgehead atoms. The van der Waals surface area contributed by atoms with Crippen molar-refractivity contribution in [1.29, 1.82) is 0 Å². The lowest BCUT2D eigenvalue weighted by Gasteiger charge is -2.14. The zero-order chi connectivity index (χ0) is 14.9. The molecular weight excluding hydrogens is 280 g/mol. The zero-order valence-corrected chi connectivity index (χ0v) is 12.6. The molecule has 0 amide bonds. The molecule has 0 saturated heterocycles. The molecule has 2 heterocycles. The minimum absolute atomic E-state index is 0.0570. The van der Waals surface area contributed by atoms with Crippen molar-refractivity contribution in [2.75, 3.05) is 0 Å². The van der Waals surface area contributed by atoms with Gasteiger partial charge in [-0.25, -0.2) is 4.79 Å².